The van der Waals surface area contributed by atoms with Crippen LogP contribution in [0.25, 0.3) is 0 Å². The number of ether oxygens (including phenoxy) is 4. The molecule has 0 fully saturated rings. The molecule has 146 valence electrons. The van der Waals surface area contributed by atoms with Gasteiger partial charge in [-0.2, -0.15) is 0 Å². The molecule has 0 spiro atoms. The Hall–Kier alpha value is -2.60. The Morgan fingerprint density at radius 2 is 1.67 bits per heavy atom. The lowest BCUT2D eigenvalue weighted by atomic mass is 10.1. The second kappa shape index (κ2) is 9.92. The van der Waals surface area contributed by atoms with E-state index in [1.165, 1.54) is 0 Å². The van der Waals surface area contributed by atoms with E-state index in [-0.39, 0.29) is 12.5 Å². The number of rotatable bonds is 9. The van der Waals surface area contributed by atoms with Crippen molar-refractivity contribution in [1.29, 1.82) is 0 Å². The highest BCUT2D eigenvalue weighted by Gasteiger charge is 2.20. The minimum absolute atomic E-state index is 0.230. The van der Waals surface area contributed by atoms with E-state index in [1.807, 2.05) is 13.0 Å². The maximum absolute atomic E-state index is 12.5. The van der Waals surface area contributed by atoms with E-state index in [0.29, 0.717) is 34.4 Å². The summed E-state index contributed by atoms with van der Waals surface area (Å²) in [5.41, 5.74) is 0.811. The summed E-state index contributed by atoms with van der Waals surface area (Å²) in [6.07, 6.45) is -0.140. The quantitative estimate of drug-likeness (QED) is 0.701. The summed E-state index contributed by atoms with van der Waals surface area (Å²) in [4.78, 5) is 12.5. The normalized spacial score (nSPS) is 11.4. The molecule has 2 aromatic carbocycles. The zero-order chi connectivity index (χ0) is 19.8. The number of nitrogens with one attached hydrogen (secondary N) is 1. The molecule has 0 unspecified atom stereocenters. The molecule has 0 aliphatic carbocycles. The number of benzene rings is 2. The van der Waals surface area contributed by atoms with E-state index >= 15 is 0 Å². The smallest absolute Gasteiger partial charge is 0.261 e. The first-order valence-electron chi connectivity index (χ1n) is 8.51. The Morgan fingerprint density at radius 1 is 1.04 bits per heavy atom. The maximum atomic E-state index is 12.5. The summed E-state index contributed by atoms with van der Waals surface area (Å²) in [5, 5.41) is 3.34. The molecule has 2 aromatic rings. The van der Waals surface area contributed by atoms with Crippen molar-refractivity contribution >= 4 is 17.5 Å². The highest BCUT2D eigenvalue weighted by Crippen LogP contribution is 2.38. The van der Waals surface area contributed by atoms with Crippen molar-refractivity contribution in [2.24, 2.45) is 0 Å². The second-order valence-corrected chi connectivity index (χ2v) is 6.10. The van der Waals surface area contributed by atoms with Crippen LogP contribution in [-0.4, -0.2) is 33.3 Å². The van der Waals surface area contributed by atoms with Crippen molar-refractivity contribution in [3.05, 3.63) is 47.0 Å². The number of para-hydroxylation sites is 1. The van der Waals surface area contributed by atoms with Gasteiger partial charge in [0, 0.05) is 6.54 Å². The lowest BCUT2D eigenvalue weighted by Gasteiger charge is -2.19. The summed E-state index contributed by atoms with van der Waals surface area (Å²) < 4.78 is 21.7. The van der Waals surface area contributed by atoms with Crippen LogP contribution in [0.1, 0.15) is 18.9 Å². The van der Waals surface area contributed by atoms with Gasteiger partial charge >= 0.3 is 0 Å². The van der Waals surface area contributed by atoms with Crippen LogP contribution in [0.4, 0.5) is 0 Å². The minimum atomic E-state index is -0.646. The molecule has 1 atom stereocenters. The predicted octanol–water partition coefficient (Wildman–Crippen LogP) is 3.84. The van der Waals surface area contributed by atoms with Crippen LogP contribution in [0.2, 0.25) is 5.02 Å². The fourth-order valence-corrected chi connectivity index (χ4v) is 2.74. The van der Waals surface area contributed by atoms with Crippen molar-refractivity contribution in [2.45, 2.75) is 26.0 Å². The third-order valence-corrected chi connectivity index (χ3v) is 4.27. The second-order valence-electron chi connectivity index (χ2n) is 5.70. The van der Waals surface area contributed by atoms with Gasteiger partial charge in [0.15, 0.2) is 17.6 Å². The number of halogens is 1. The van der Waals surface area contributed by atoms with Gasteiger partial charge in [0.25, 0.3) is 5.91 Å². The number of carbonyl (C=O) groups excluding carboxylic acids is 1. The highest BCUT2D eigenvalue weighted by molar-refractivity contribution is 6.32. The van der Waals surface area contributed by atoms with Crippen LogP contribution < -0.4 is 24.3 Å². The molecule has 0 saturated carbocycles. The van der Waals surface area contributed by atoms with Crippen molar-refractivity contribution < 1.29 is 23.7 Å². The lowest BCUT2D eigenvalue weighted by molar-refractivity contribution is -0.128. The Balaban J connectivity index is 2.08. The molecule has 0 aliphatic heterocycles. The van der Waals surface area contributed by atoms with Crippen molar-refractivity contribution in [2.75, 3.05) is 21.3 Å². The Labute approximate surface area is 164 Å². The van der Waals surface area contributed by atoms with Gasteiger partial charge in [0.1, 0.15) is 5.75 Å². The first-order chi connectivity index (χ1) is 13.0. The molecule has 0 aliphatic rings. The monoisotopic (exact) mass is 393 g/mol. The van der Waals surface area contributed by atoms with E-state index in [2.05, 4.69) is 5.32 Å². The van der Waals surface area contributed by atoms with E-state index < -0.39 is 6.10 Å². The largest absolute Gasteiger partial charge is 0.493 e. The summed E-state index contributed by atoms with van der Waals surface area (Å²) >= 11 is 6.10. The molecule has 7 heteroatoms. The van der Waals surface area contributed by atoms with E-state index in [9.17, 15) is 4.79 Å². The van der Waals surface area contributed by atoms with Crippen LogP contribution in [0.15, 0.2) is 36.4 Å². The third kappa shape index (κ3) is 5.20. The van der Waals surface area contributed by atoms with Crippen molar-refractivity contribution in [3.63, 3.8) is 0 Å². The summed E-state index contributed by atoms with van der Waals surface area (Å²) in [7, 11) is 4.63. The lowest BCUT2D eigenvalue weighted by Crippen LogP contribution is -2.37. The van der Waals surface area contributed by atoms with Crippen molar-refractivity contribution in [3.8, 4) is 23.0 Å². The number of hydrogen-bond acceptors (Lipinski definition) is 5. The van der Waals surface area contributed by atoms with Gasteiger partial charge in [0.2, 0.25) is 5.75 Å². The topological polar surface area (TPSA) is 66.0 Å². The molecule has 1 amide bonds. The standard InChI is InChI=1S/C20H24ClNO5/c1-5-15(27-16-9-7-6-8-14(16)21)20(23)22-12-13-10-17(24-2)19(26-4)18(11-13)25-3/h6-11,15H,5,12H2,1-4H3,(H,22,23)/t15-/m0/s1. The number of methoxy groups -OCH3 is 3. The third-order valence-electron chi connectivity index (χ3n) is 3.96. The molecule has 0 bridgehead atoms. The molecule has 27 heavy (non-hydrogen) atoms. The Bertz CT molecular complexity index is 756. The van der Waals surface area contributed by atoms with Gasteiger partial charge < -0.3 is 24.3 Å². The molecule has 0 radical (unpaired) electrons. The first-order valence-corrected chi connectivity index (χ1v) is 8.89. The van der Waals surface area contributed by atoms with Gasteiger partial charge in [-0.25, -0.2) is 0 Å². The SMILES string of the molecule is CC[C@H](Oc1ccccc1Cl)C(=O)NCc1cc(OC)c(OC)c(OC)c1. The Kier molecular flexibility index (Phi) is 7.61. The van der Waals surface area contributed by atoms with Gasteiger partial charge in [-0.3, -0.25) is 4.79 Å². The summed E-state index contributed by atoms with van der Waals surface area (Å²) in [6, 6.07) is 10.6. The molecule has 2 rings (SSSR count). The molecule has 1 N–H and O–H groups in total. The molecule has 0 heterocycles. The van der Waals surface area contributed by atoms with Crippen LogP contribution >= 0.6 is 11.6 Å². The highest BCUT2D eigenvalue weighted by atomic mass is 35.5. The molecule has 0 aromatic heterocycles. The molecule has 6 nitrogen and oxygen atoms in total. The van der Waals surface area contributed by atoms with E-state index in [0.717, 1.165) is 5.56 Å². The average molecular weight is 394 g/mol. The zero-order valence-corrected chi connectivity index (χ0v) is 16.6. The van der Waals surface area contributed by atoms with Crippen LogP contribution in [0.3, 0.4) is 0 Å². The van der Waals surface area contributed by atoms with E-state index in [4.69, 9.17) is 30.5 Å². The number of carbonyl (C=O) groups is 1. The number of hydrogen-bond donors (Lipinski definition) is 1. The molecule has 0 saturated heterocycles. The summed E-state index contributed by atoms with van der Waals surface area (Å²) in [5.74, 6) is 1.81. The fraction of sp³-hybridized carbons (Fsp3) is 0.350. The van der Waals surface area contributed by atoms with Crippen LogP contribution in [-0.2, 0) is 11.3 Å². The van der Waals surface area contributed by atoms with E-state index in [1.54, 1.807) is 51.7 Å². The molecular formula is C20H24ClNO5. The van der Waals surface area contributed by atoms with Crippen molar-refractivity contribution in [1.82, 2.24) is 5.32 Å². The van der Waals surface area contributed by atoms with Crippen LogP contribution in [0, 0.1) is 0 Å². The van der Waals surface area contributed by atoms with Gasteiger partial charge in [-0.1, -0.05) is 30.7 Å². The van der Waals surface area contributed by atoms with Crippen LogP contribution in [0.5, 0.6) is 23.0 Å². The van der Waals surface area contributed by atoms with Gasteiger partial charge in [-0.05, 0) is 36.2 Å². The predicted molar refractivity (Wildman–Crippen MR) is 104 cm³/mol. The number of amides is 1. The maximum Gasteiger partial charge on any atom is 0.261 e. The van der Waals surface area contributed by atoms with Gasteiger partial charge in [-0.15, -0.1) is 0 Å². The first kappa shape index (κ1) is 20.7. The average Bonchev–Trinajstić information content (AvgIpc) is 2.70. The zero-order valence-electron chi connectivity index (χ0n) is 15.9. The molecular weight excluding hydrogens is 370 g/mol. The Morgan fingerprint density at radius 3 is 2.19 bits per heavy atom. The summed E-state index contributed by atoms with van der Waals surface area (Å²) in [6.45, 7) is 2.17. The minimum Gasteiger partial charge on any atom is -0.493 e. The van der Waals surface area contributed by atoms with Gasteiger partial charge in [0.05, 0.1) is 26.4 Å². The fourth-order valence-electron chi connectivity index (χ4n) is 2.56.